The fourth-order valence-corrected chi connectivity index (χ4v) is 2.31. The number of hydrogen-bond acceptors (Lipinski definition) is 3. The van der Waals surface area contributed by atoms with Gasteiger partial charge in [-0.25, -0.2) is 0 Å². The van der Waals surface area contributed by atoms with E-state index in [1.807, 2.05) is 34.6 Å². The van der Waals surface area contributed by atoms with Gasteiger partial charge in [0.2, 0.25) is 0 Å². The minimum Gasteiger partial charge on any atom is -0.481 e. The molecule has 0 aliphatic carbocycles. The van der Waals surface area contributed by atoms with Crippen LogP contribution in [0.3, 0.4) is 0 Å². The molecule has 4 nitrogen and oxygen atoms in total. The van der Waals surface area contributed by atoms with Gasteiger partial charge in [0.25, 0.3) is 0 Å². The van der Waals surface area contributed by atoms with Crippen LogP contribution < -0.4 is 0 Å². The predicted molar refractivity (Wildman–Crippen MR) is 70.2 cm³/mol. The monoisotopic (exact) mass is 258 g/mol. The summed E-state index contributed by atoms with van der Waals surface area (Å²) in [6.45, 7) is 9.90. The van der Waals surface area contributed by atoms with Crippen LogP contribution in [0.4, 0.5) is 0 Å². The molecule has 0 bridgehead atoms. The van der Waals surface area contributed by atoms with Gasteiger partial charge in [0, 0.05) is 0 Å². The molecule has 4 heteroatoms. The SMILES string of the molecule is CCCCOC(=O)C(CC(=O)O)(C(C)C)C(C)C. The van der Waals surface area contributed by atoms with Crippen LogP contribution >= 0.6 is 0 Å². The van der Waals surface area contributed by atoms with E-state index in [-0.39, 0.29) is 24.2 Å². The molecule has 106 valence electrons. The minimum absolute atomic E-state index is 0.0669. The quantitative estimate of drug-likeness (QED) is 0.536. The highest BCUT2D eigenvalue weighted by atomic mass is 16.5. The number of esters is 1. The molecule has 0 aromatic heterocycles. The average molecular weight is 258 g/mol. The number of unbranched alkanes of at least 4 members (excludes halogenated alkanes) is 1. The molecule has 0 fully saturated rings. The Hall–Kier alpha value is -1.06. The van der Waals surface area contributed by atoms with E-state index in [0.29, 0.717) is 6.61 Å². The normalized spacial score (nSPS) is 11.9. The fraction of sp³-hybridized carbons (Fsp3) is 0.857. The van der Waals surface area contributed by atoms with E-state index in [0.717, 1.165) is 12.8 Å². The Bertz CT molecular complexity index is 274. The number of ether oxygens (including phenoxy) is 1. The molecular weight excluding hydrogens is 232 g/mol. The Morgan fingerprint density at radius 2 is 1.67 bits per heavy atom. The van der Waals surface area contributed by atoms with Crippen LogP contribution in [0.15, 0.2) is 0 Å². The maximum atomic E-state index is 12.3. The molecule has 0 unspecified atom stereocenters. The molecule has 0 aliphatic rings. The lowest BCUT2D eigenvalue weighted by Crippen LogP contribution is -2.44. The smallest absolute Gasteiger partial charge is 0.313 e. The molecule has 1 N–H and O–H groups in total. The molecule has 0 radical (unpaired) electrons. The molecule has 0 amide bonds. The lowest BCUT2D eigenvalue weighted by molar-refractivity contribution is -0.168. The summed E-state index contributed by atoms with van der Waals surface area (Å²) in [4.78, 5) is 23.3. The van der Waals surface area contributed by atoms with Crippen molar-refractivity contribution in [3.05, 3.63) is 0 Å². The summed E-state index contributed by atoms with van der Waals surface area (Å²) in [6, 6.07) is 0. The van der Waals surface area contributed by atoms with Crippen molar-refractivity contribution in [3.8, 4) is 0 Å². The lowest BCUT2D eigenvalue weighted by atomic mass is 9.66. The first-order valence-electron chi connectivity index (χ1n) is 6.68. The van der Waals surface area contributed by atoms with Gasteiger partial charge in [-0.2, -0.15) is 0 Å². The molecular formula is C14H26O4. The van der Waals surface area contributed by atoms with Gasteiger partial charge in [0.15, 0.2) is 0 Å². The maximum absolute atomic E-state index is 12.3. The first kappa shape index (κ1) is 16.9. The van der Waals surface area contributed by atoms with E-state index < -0.39 is 11.4 Å². The second kappa shape index (κ2) is 7.39. The van der Waals surface area contributed by atoms with Gasteiger partial charge in [0.05, 0.1) is 18.4 Å². The number of carboxylic acid groups (broad SMARTS) is 1. The third-order valence-electron chi connectivity index (χ3n) is 3.62. The first-order chi connectivity index (χ1) is 8.28. The summed E-state index contributed by atoms with van der Waals surface area (Å²) in [6.07, 6.45) is 1.58. The van der Waals surface area contributed by atoms with Crippen LogP contribution in [-0.4, -0.2) is 23.7 Å². The van der Waals surface area contributed by atoms with Crippen molar-refractivity contribution < 1.29 is 19.4 Å². The van der Waals surface area contributed by atoms with E-state index in [1.54, 1.807) is 0 Å². The Morgan fingerprint density at radius 3 is 2.00 bits per heavy atom. The van der Waals surface area contributed by atoms with E-state index in [9.17, 15) is 9.59 Å². The molecule has 18 heavy (non-hydrogen) atoms. The van der Waals surface area contributed by atoms with Crippen molar-refractivity contribution in [1.82, 2.24) is 0 Å². The standard InChI is InChI=1S/C14H26O4/c1-6-7-8-18-13(17)14(10(2)3,11(4)5)9-12(15)16/h10-11H,6-9H2,1-5H3,(H,15,16). The highest BCUT2D eigenvalue weighted by Crippen LogP contribution is 2.40. The summed E-state index contributed by atoms with van der Waals surface area (Å²) in [5, 5.41) is 9.06. The van der Waals surface area contributed by atoms with Crippen molar-refractivity contribution >= 4 is 11.9 Å². The Balaban J connectivity index is 5.04. The van der Waals surface area contributed by atoms with Gasteiger partial charge in [-0.15, -0.1) is 0 Å². The van der Waals surface area contributed by atoms with Crippen LogP contribution in [0.25, 0.3) is 0 Å². The molecule has 0 atom stereocenters. The van der Waals surface area contributed by atoms with Crippen molar-refractivity contribution in [2.24, 2.45) is 17.3 Å². The number of rotatable bonds is 8. The van der Waals surface area contributed by atoms with Crippen molar-refractivity contribution in [3.63, 3.8) is 0 Å². The Kier molecular flexibility index (Phi) is 6.96. The molecule has 0 aromatic carbocycles. The molecule has 0 aromatic rings. The summed E-state index contributed by atoms with van der Waals surface area (Å²) < 4.78 is 5.27. The van der Waals surface area contributed by atoms with Crippen LogP contribution in [0.2, 0.25) is 0 Å². The highest BCUT2D eigenvalue weighted by Gasteiger charge is 2.47. The highest BCUT2D eigenvalue weighted by molar-refractivity contribution is 5.83. The molecule has 0 saturated carbocycles. The summed E-state index contributed by atoms with van der Waals surface area (Å²) >= 11 is 0. The van der Waals surface area contributed by atoms with E-state index in [4.69, 9.17) is 9.84 Å². The van der Waals surface area contributed by atoms with Crippen molar-refractivity contribution in [2.45, 2.75) is 53.9 Å². The van der Waals surface area contributed by atoms with Crippen LogP contribution in [0.5, 0.6) is 0 Å². The van der Waals surface area contributed by atoms with Gasteiger partial charge in [-0.1, -0.05) is 41.0 Å². The number of carbonyl (C=O) groups is 2. The van der Waals surface area contributed by atoms with Gasteiger partial charge in [0.1, 0.15) is 0 Å². The summed E-state index contributed by atoms with van der Waals surface area (Å²) in [7, 11) is 0. The molecule has 0 aliphatic heterocycles. The maximum Gasteiger partial charge on any atom is 0.313 e. The Labute approximate surface area is 110 Å². The van der Waals surface area contributed by atoms with Crippen molar-refractivity contribution in [1.29, 1.82) is 0 Å². The second-order valence-corrected chi connectivity index (χ2v) is 5.41. The molecule has 0 saturated heterocycles. The minimum atomic E-state index is -0.954. The zero-order chi connectivity index (χ0) is 14.3. The largest absolute Gasteiger partial charge is 0.481 e. The fourth-order valence-electron chi connectivity index (χ4n) is 2.31. The lowest BCUT2D eigenvalue weighted by Gasteiger charge is -2.37. The molecule has 0 spiro atoms. The van der Waals surface area contributed by atoms with Gasteiger partial charge >= 0.3 is 11.9 Å². The number of carbonyl (C=O) groups excluding carboxylic acids is 1. The zero-order valence-corrected chi connectivity index (χ0v) is 12.2. The summed E-state index contributed by atoms with van der Waals surface area (Å²) in [5.41, 5.74) is -0.931. The number of carboxylic acids is 1. The number of aliphatic carboxylic acids is 1. The molecule has 0 rings (SSSR count). The van der Waals surface area contributed by atoms with E-state index in [2.05, 4.69) is 0 Å². The molecule has 0 heterocycles. The second-order valence-electron chi connectivity index (χ2n) is 5.41. The van der Waals surface area contributed by atoms with Gasteiger partial charge in [-0.05, 0) is 18.3 Å². The Morgan fingerprint density at radius 1 is 1.17 bits per heavy atom. The predicted octanol–water partition coefficient (Wildman–Crippen LogP) is 3.10. The van der Waals surface area contributed by atoms with Crippen LogP contribution in [0.1, 0.15) is 53.9 Å². The third-order valence-corrected chi connectivity index (χ3v) is 3.62. The van der Waals surface area contributed by atoms with Gasteiger partial charge < -0.3 is 9.84 Å². The van der Waals surface area contributed by atoms with E-state index >= 15 is 0 Å². The third kappa shape index (κ3) is 4.00. The van der Waals surface area contributed by atoms with Gasteiger partial charge in [-0.3, -0.25) is 9.59 Å². The van der Waals surface area contributed by atoms with Crippen LogP contribution in [0, 0.1) is 17.3 Å². The summed E-state index contributed by atoms with van der Waals surface area (Å²) in [5.74, 6) is -1.46. The first-order valence-corrected chi connectivity index (χ1v) is 6.68. The average Bonchev–Trinajstić information content (AvgIpc) is 2.24. The van der Waals surface area contributed by atoms with Crippen molar-refractivity contribution in [2.75, 3.05) is 6.61 Å². The zero-order valence-electron chi connectivity index (χ0n) is 12.2. The topological polar surface area (TPSA) is 63.6 Å². The van der Waals surface area contributed by atoms with E-state index in [1.165, 1.54) is 0 Å². The van der Waals surface area contributed by atoms with Crippen LogP contribution in [-0.2, 0) is 14.3 Å². The number of hydrogen-bond donors (Lipinski definition) is 1.